The minimum Gasteiger partial charge on any atom is -0.633 e. The zero-order valence-corrected chi connectivity index (χ0v) is 15.4. The molecule has 0 rings (SSSR count). The van der Waals surface area contributed by atoms with E-state index in [1.165, 1.54) is 64.2 Å². The van der Waals surface area contributed by atoms with Gasteiger partial charge in [-0.15, -0.1) is 0 Å². The summed E-state index contributed by atoms with van der Waals surface area (Å²) >= 11 is 0. The van der Waals surface area contributed by atoms with Gasteiger partial charge in [0.05, 0.1) is 20.6 Å². The van der Waals surface area contributed by atoms with Gasteiger partial charge in [-0.05, 0) is 6.42 Å². The lowest BCUT2D eigenvalue weighted by Crippen LogP contribution is -2.33. The Labute approximate surface area is 138 Å². The van der Waals surface area contributed by atoms with Gasteiger partial charge in [0.1, 0.15) is 5.78 Å². The fourth-order valence-corrected chi connectivity index (χ4v) is 2.77. The van der Waals surface area contributed by atoms with Crippen molar-refractivity contribution in [2.75, 3.05) is 20.6 Å². The summed E-state index contributed by atoms with van der Waals surface area (Å²) in [5.41, 5.74) is 0. The molecule has 0 atom stereocenters. The third-order valence-electron chi connectivity index (χ3n) is 4.21. The zero-order chi connectivity index (χ0) is 16.7. The molecular weight excluding hydrogens is 274 g/mol. The molecule has 0 aliphatic carbocycles. The Hall–Kier alpha value is -0.410. The Bertz CT molecular complexity index is 259. The maximum atomic E-state index is 11.7. The van der Waals surface area contributed by atoms with Gasteiger partial charge in [0.15, 0.2) is 0 Å². The number of unbranched alkanes of at least 4 members (excludes halogenated alkanes) is 10. The summed E-state index contributed by atoms with van der Waals surface area (Å²) in [6.45, 7) is 2.80. The van der Waals surface area contributed by atoms with Crippen LogP contribution < -0.4 is 0 Å². The second-order valence-electron chi connectivity index (χ2n) is 7.23. The lowest BCUT2D eigenvalue weighted by molar-refractivity contribution is -0.840. The van der Waals surface area contributed by atoms with Gasteiger partial charge in [0, 0.05) is 19.3 Å². The number of nitrogens with zero attached hydrogens (tertiary/aromatic N) is 1. The number of hydrogen-bond acceptors (Lipinski definition) is 2. The molecular formula is C19H39NO2. The molecule has 3 nitrogen and oxygen atoms in total. The van der Waals surface area contributed by atoms with Gasteiger partial charge < -0.3 is 9.85 Å². The van der Waals surface area contributed by atoms with E-state index in [0.717, 1.165) is 12.8 Å². The van der Waals surface area contributed by atoms with Crippen molar-refractivity contribution < 1.29 is 9.44 Å². The SMILES string of the molecule is CCCCCCCCCCCCCC(=O)CCC[N+](C)(C)[O-]. The Morgan fingerprint density at radius 1 is 0.727 bits per heavy atom. The second-order valence-corrected chi connectivity index (χ2v) is 7.23. The van der Waals surface area contributed by atoms with Crippen molar-refractivity contribution in [3.63, 3.8) is 0 Å². The van der Waals surface area contributed by atoms with E-state index in [2.05, 4.69) is 6.92 Å². The van der Waals surface area contributed by atoms with E-state index in [1.54, 1.807) is 14.1 Å². The summed E-state index contributed by atoms with van der Waals surface area (Å²) in [7, 11) is 3.27. The van der Waals surface area contributed by atoms with Crippen molar-refractivity contribution in [3.8, 4) is 0 Å². The first-order valence-electron chi connectivity index (χ1n) is 9.51. The molecule has 0 radical (unpaired) electrons. The summed E-state index contributed by atoms with van der Waals surface area (Å²) in [5.74, 6) is 0.337. The second kappa shape index (κ2) is 14.2. The summed E-state index contributed by atoms with van der Waals surface area (Å²) in [6.07, 6.45) is 16.5. The molecule has 0 aromatic rings. The average Bonchev–Trinajstić information content (AvgIpc) is 2.43. The van der Waals surface area contributed by atoms with Crippen LogP contribution in [0.3, 0.4) is 0 Å². The van der Waals surface area contributed by atoms with Crippen LogP contribution in [0.25, 0.3) is 0 Å². The summed E-state index contributed by atoms with van der Waals surface area (Å²) in [6, 6.07) is 0. The molecule has 0 fully saturated rings. The molecule has 0 saturated heterocycles. The number of rotatable bonds is 16. The van der Waals surface area contributed by atoms with Crippen LogP contribution in [0.1, 0.15) is 96.8 Å². The topological polar surface area (TPSA) is 40.1 Å². The molecule has 0 unspecified atom stereocenters. The van der Waals surface area contributed by atoms with Gasteiger partial charge in [-0.1, -0.05) is 71.1 Å². The lowest BCUT2D eigenvalue weighted by atomic mass is 10.0. The van der Waals surface area contributed by atoms with Gasteiger partial charge in [-0.3, -0.25) is 4.79 Å². The normalized spacial score (nSPS) is 11.8. The van der Waals surface area contributed by atoms with Crippen LogP contribution in [0, 0.1) is 5.21 Å². The molecule has 0 saturated carbocycles. The predicted octanol–water partition coefficient (Wildman–Crippen LogP) is 5.61. The monoisotopic (exact) mass is 313 g/mol. The van der Waals surface area contributed by atoms with E-state index in [9.17, 15) is 10.0 Å². The molecule has 0 aromatic heterocycles. The minimum atomic E-state index is -0.286. The highest BCUT2D eigenvalue weighted by molar-refractivity contribution is 5.78. The number of quaternary nitrogens is 1. The maximum Gasteiger partial charge on any atom is 0.133 e. The van der Waals surface area contributed by atoms with E-state index in [-0.39, 0.29) is 4.65 Å². The van der Waals surface area contributed by atoms with Crippen LogP contribution in [0.4, 0.5) is 0 Å². The lowest BCUT2D eigenvalue weighted by Gasteiger charge is -2.33. The van der Waals surface area contributed by atoms with E-state index in [0.29, 0.717) is 25.2 Å². The van der Waals surface area contributed by atoms with Crippen LogP contribution in [0.5, 0.6) is 0 Å². The first kappa shape index (κ1) is 21.6. The summed E-state index contributed by atoms with van der Waals surface area (Å²) in [5, 5.41) is 11.4. The van der Waals surface area contributed by atoms with Gasteiger partial charge in [0.2, 0.25) is 0 Å². The van der Waals surface area contributed by atoms with Crippen LogP contribution >= 0.6 is 0 Å². The smallest absolute Gasteiger partial charge is 0.133 e. The van der Waals surface area contributed by atoms with Gasteiger partial charge in [-0.2, -0.15) is 0 Å². The predicted molar refractivity (Wildman–Crippen MR) is 95.7 cm³/mol. The number of ketones is 1. The summed E-state index contributed by atoms with van der Waals surface area (Å²) < 4.78 is -0.286. The van der Waals surface area contributed by atoms with Crippen LogP contribution in [-0.2, 0) is 4.79 Å². The van der Waals surface area contributed by atoms with Crippen LogP contribution in [0.15, 0.2) is 0 Å². The molecule has 3 heteroatoms. The largest absolute Gasteiger partial charge is 0.633 e. The quantitative estimate of drug-likeness (QED) is 0.211. The fraction of sp³-hybridized carbons (Fsp3) is 0.947. The number of hydrogen-bond donors (Lipinski definition) is 0. The van der Waals surface area contributed by atoms with Crippen molar-refractivity contribution in [2.24, 2.45) is 0 Å². The van der Waals surface area contributed by atoms with E-state index in [1.807, 2.05) is 0 Å². The first-order valence-corrected chi connectivity index (χ1v) is 9.51. The van der Waals surface area contributed by atoms with Crippen molar-refractivity contribution in [1.29, 1.82) is 0 Å². The van der Waals surface area contributed by atoms with Crippen molar-refractivity contribution in [1.82, 2.24) is 0 Å². The van der Waals surface area contributed by atoms with Crippen molar-refractivity contribution in [2.45, 2.75) is 96.8 Å². The highest BCUT2D eigenvalue weighted by Crippen LogP contribution is 2.12. The molecule has 0 N–H and O–H groups in total. The van der Waals surface area contributed by atoms with Crippen LogP contribution in [0.2, 0.25) is 0 Å². The minimum absolute atomic E-state index is 0.286. The zero-order valence-electron chi connectivity index (χ0n) is 15.4. The van der Waals surface area contributed by atoms with E-state index >= 15 is 0 Å². The number of carbonyl (C=O) groups is 1. The van der Waals surface area contributed by atoms with E-state index < -0.39 is 0 Å². The number of hydroxylamine groups is 3. The Kier molecular flexibility index (Phi) is 13.9. The molecule has 0 spiro atoms. The molecule has 22 heavy (non-hydrogen) atoms. The highest BCUT2D eigenvalue weighted by Gasteiger charge is 2.06. The Morgan fingerprint density at radius 2 is 1.14 bits per heavy atom. The number of Topliss-reactive ketones (excluding diaryl/α,β-unsaturated/α-hetero) is 1. The van der Waals surface area contributed by atoms with Crippen LogP contribution in [-0.4, -0.2) is 31.1 Å². The molecule has 0 aliphatic heterocycles. The highest BCUT2D eigenvalue weighted by atomic mass is 16.5. The third kappa shape index (κ3) is 17.6. The Balaban J connectivity index is 3.20. The van der Waals surface area contributed by atoms with Gasteiger partial charge in [-0.25, -0.2) is 0 Å². The van der Waals surface area contributed by atoms with Gasteiger partial charge in [0.25, 0.3) is 0 Å². The Morgan fingerprint density at radius 3 is 1.59 bits per heavy atom. The molecule has 0 aliphatic rings. The van der Waals surface area contributed by atoms with Crippen molar-refractivity contribution >= 4 is 5.78 Å². The third-order valence-corrected chi connectivity index (χ3v) is 4.21. The fourth-order valence-electron chi connectivity index (χ4n) is 2.77. The molecule has 132 valence electrons. The summed E-state index contributed by atoms with van der Waals surface area (Å²) in [4.78, 5) is 11.7. The molecule has 0 amide bonds. The molecule has 0 bridgehead atoms. The van der Waals surface area contributed by atoms with Crippen molar-refractivity contribution in [3.05, 3.63) is 5.21 Å². The average molecular weight is 314 g/mol. The van der Waals surface area contributed by atoms with Gasteiger partial charge >= 0.3 is 0 Å². The van der Waals surface area contributed by atoms with E-state index in [4.69, 9.17) is 0 Å². The molecule has 0 aromatic carbocycles. The maximum absolute atomic E-state index is 11.7. The standard InChI is InChI=1S/C19H39NO2/c1-4-5-6-7-8-9-10-11-12-13-14-16-19(21)17-15-18-20(2,3)22/h4-18H2,1-3H3. The molecule has 0 heterocycles. The number of carbonyl (C=O) groups excluding carboxylic acids is 1. The first-order chi connectivity index (χ1) is 10.5.